The number of amides is 2. The molecule has 3 aromatic carbocycles. The highest BCUT2D eigenvalue weighted by atomic mass is 19.1. The van der Waals surface area contributed by atoms with Crippen LogP contribution in [0, 0.1) is 11.2 Å². The van der Waals surface area contributed by atoms with Crippen LogP contribution in [0.5, 0.6) is 17.2 Å². The standard InChI is InChI=1S/C30H27FN4O5/c1-39-27-15-24-23(14-25(27)35-16-21(36)17-35)26(10-13-32-24)40-22-8-6-20(7-9-22)34-29(38)30(11-12-30)28(37)33-19-4-2-18(31)3-5-19/h2-10,13-15,21,36H,11-12,16-17H2,1H3,(H,33,37)(H,34,38). The molecule has 2 fully saturated rings. The van der Waals surface area contributed by atoms with Crippen LogP contribution in [-0.4, -0.2) is 48.2 Å². The molecule has 1 saturated heterocycles. The van der Waals surface area contributed by atoms with Gasteiger partial charge in [-0.15, -0.1) is 0 Å². The molecule has 0 unspecified atom stereocenters. The first-order chi connectivity index (χ1) is 19.3. The number of nitrogens with zero attached hydrogens (tertiary/aromatic N) is 2. The molecule has 6 rings (SSSR count). The third kappa shape index (κ3) is 4.89. The van der Waals surface area contributed by atoms with E-state index in [0.717, 1.165) is 11.1 Å². The van der Waals surface area contributed by atoms with Crippen molar-refractivity contribution in [2.24, 2.45) is 5.41 Å². The van der Waals surface area contributed by atoms with Crippen molar-refractivity contribution in [2.75, 3.05) is 35.7 Å². The first-order valence-electron chi connectivity index (χ1n) is 12.9. The minimum atomic E-state index is -1.15. The second-order valence-corrected chi connectivity index (χ2v) is 10.0. The van der Waals surface area contributed by atoms with Crippen LogP contribution >= 0.6 is 0 Å². The van der Waals surface area contributed by atoms with E-state index in [1.54, 1.807) is 43.6 Å². The highest BCUT2D eigenvalue weighted by molar-refractivity contribution is 6.16. The molecule has 204 valence electrons. The number of rotatable bonds is 8. The van der Waals surface area contributed by atoms with Crippen molar-refractivity contribution in [3.63, 3.8) is 0 Å². The van der Waals surface area contributed by atoms with Crippen LogP contribution in [0.25, 0.3) is 10.9 Å². The number of aromatic nitrogens is 1. The number of hydrogen-bond donors (Lipinski definition) is 3. The zero-order chi connectivity index (χ0) is 27.9. The molecule has 1 aromatic heterocycles. The lowest BCUT2D eigenvalue weighted by Crippen LogP contribution is -2.50. The number of hydrogen-bond acceptors (Lipinski definition) is 7. The van der Waals surface area contributed by atoms with E-state index in [1.165, 1.54) is 24.3 Å². The molecule has 1 saturated carbocycles. The summed E-state index contributed by atoms with van der Waals surface area (Å²) in [6, 6.07) is 17.9. The van der Waals surface area contributed by atoms with E-state index in [0.29, 0.717) is 60.1 Å². The maximum absolute atomic E-state index is 13.2. The van der Waals surface area contributed by atoms with Gasteiger partial charge in [-0.25, -0.2) is 4.39 Å². The van der Waals surface area contributed by atoms with Crippen LogP contribution < -0.4 is 25.0 Å². The highest BCUT2D eigenvalue weighted by Gasteiger charge is 2.56. The fourth-order valence-corrected chi connectivity index (χ4v) is 4.74. The lowest BCUT2D eigenvalue weighted by atomic mass is 10.0. The van der Waals surface area contributed by atoms with E-state index < -0.39 is 23.0 Å². The maximum atomic E-state index is 13.2. The summed E-state index contributed by atoms with van der Waals surface area (Å²) >= 11 is 0. The van der Waals surface area contributed by atoms with Crippen molar-refractivity contribution < 1.29 is 28.6 Å². The molecule has 3 N–H and O–H groups in total. The van der Waals surface area contributed by atoms with Gasteiger partial charge in [-0.3, -0.25) is 14.6 Å². The Hall–Kier alpha value is -4.70. The third-order valence-electron chi connectivity index (χ3n) is 7.27. The average molecular weight is 543 g/mol. The minimum absolute atomic E-state index is 0.358. The predicted molar refractivity (Wildman–Crippen MR) is 148 cm³/mol. The van der Waals surface area contributed by atoms with E-state index in [9.17, 15) is 19.1 Å². The SMILES string of the molecule is COc1cc2nccc(Oc3ccc(NC(=O)C4(C(=O)Nc5ccc(F)cc5)CC4)cc3)c2cc1N1CC(O)C1. The van der Waals surface area contributed by atoms with Crippen LogP contribution in [0.2, 0.25) is 0 Å². The zero-order valence-corrected chi connectivity index (χ0v) is 21.7. The van der Waals surface area contributed by atoms with Gasteiger partial charge in [0, 0.05) is 42.1 Å². The van der Waals surface area contributed by atoms with Gasteiger partial charge >= 0.3 is 0 Å². The molecule has 1 aliphatic carbocycles. The van der Waals surface area contributed by atoms with Gasteiger partial charge < -0.3 is 30.1 Å². The number of ether oxygens (including phenoxy) is 2. The number of fused-ring (bicyclic) bond motifs is 1. The lowest BCUT2D eigenvalue weighted by Gasteiger charge is -2.38. The first-order valence-corrected chi connectivity index (χ1v) is 12.9. The van der Waals surface area contributed by atoms with Gasteiger partial charge in [0.1, 0.15) is 28.5 Å². The average Bonchev–Trinajstić information content (AvgIpc) is 3.76. The van der Waals surface area contributed by atoms with Gasteiger partial charge in [-0.1, -0.05) is 0 Å². The number of methoxy groups -OCH3 is 1. The summed E-state index contributed by atoms with van der Waals surface area (Å²) < 4.78 is 24.9. The molecule has 4 aromatic rings. The summed E-state index contributed by atoms with van der Waals surface area (Å²) in [4.78, 5) is 32.3. The number of aliphatic hydroxyl groups excluding tert-OH is 1. The monoisotopic (exact) mass is 542 g/mol. The van der Waals surface area contributed by atoms with Crippen LogP contribution in [-0.2, 0) is 9.59 Å². The molecule has 0 radical (unpaired) electrons. The Bertz CT molecular complexity index is 1580. The van der Waals surface area contributed by atoms with Crippen LogP contribution in [0.15, 0.2) is 72.9 Å². The highest BCUT2D eigenvalue weighted by Crippen LogP contribution is 2.47. The number of nitrogens with one attached hydrogen (secondary N) is 2. The van der Waals surface area contributed by atoms with Crippen molar-refractivity contribution >= 4 is 39.8 Å². The molecule has 1 aliphatic heterocycles. The second-order valence-electron chi connectivity index (χ2n) is 10.0. The van der Waals surface area contributed by atoms with Crippen LogP contribution in [0.4, 0.5) is 21.5 Å². The largest absolute Gasteiger partial charge is 0.495 e. The molecule has 40 heavy (non-hydrogen) atoms. The summed E-state index contributed by atoms with van der Waals surface area (Å²) in [6.07, 6.45) is 2.17. The zero-order valence-electron chi connectivity index (χ0n) is 21.7. The van der Waals surface area contributed by atoms with Gasteiger partial charge in [0.2, 0.25) is 11.8 Å². The Kier molecular flexibility index (Phi) is 6.47. The molecule has 0 bridgehead atoms. The van der Waals surface area contributed by atoms with Gasteiger partial charge in [0.25, 0.3) is 0 Å². The van der Waals surface area contributed by atoms with E-state index in [4.69, 9.17) is 9.47 Å². The number of β-amino-alcohol motifs (C(OH)–C–C–N with tert-alkyl or cyclic N) is 1. The van der Waals surface area contributed by atoms with Crippen molar-refractivity contribution in [3.05, 3.63) is 78.7 Å². The van der Waals surface area contributed by atoms with Gasteiger partial charge in [0.15, 0.2) is 0 Å². The summed E-state index contributed by atoms with van der Waals surface area (Å²) in [5.41, 5.74) is 1.38. The first kappa shape index (κ1) is 25.6. The maximum Gasteiger partial charge on any atom is 0.240 e. The van der Waals surface area contributed by atoms with Crippen LogP contribution in [0.3, 0.4) is 0 Å². The quantitative estimate of drug-likeness (QED) is 0.276. The number of benzene rings is 3. The topological polar surface area (TPSA) is 113 Å². The summed E-state index contributed by atoms with van der Waals surface area (Å²) in [6.45, 7) is 1.06. The van der Waals surface area contributed by atoms with E-state index in [2.05, 4.69) is 15.6 Å². The molecule has 9 nitrogen and oxygen atoms in total. The number of pyridine rings is 1. The molecule has 0 spiro atoms. The van der Waals surface area contributed by atoms with Crippen molar-refractivity contribution in [3.8, 4) is 17.2 Å². The third-order valence-corrected chi connectivity index (χ3v) is 7.27. The smallest absolute Gasteiger partial charge is 0.240 e. The van der Waals surface area contributed by atoms with E-state index in [-0.39, 0.29) is 6.10 Å². The van der Waals surface area contributed by atoms with Crippen LogP contribution in [0.1, 0.15) is 12.8 Å². The molecule has 10 heteroatoms. The summed E-state index contributed by atoms with van der Waals surface area (Å²) in [7, 11) is 1.60. The fourth-order valence-electron chi connectivity index (χ4n) is 4.74. The second kappa shape index (κ2) is 10.1. The van der Waals surface area contributed by atoms with Gasteiger partial charge in [-0.2, -0.15) is 0 Å². The molecule has 0 atom stereocenters. The molecular formula is C30H27FN4O5. The Balaban J connectivity index is 1.15. The molecule has 2 aliphatic rings. The molecule has 2 amide bonds. The number of anilines is 3. The van der Waals surface area contributed by atoms with E-state index >= 15 is 0 Å². The van der Waals surface area contributed by atoms with Crippen molar-refractivity contribution in [2.45, 2.75) is 18.9 Å². The predicted octanol–water partition coefficient (Wildman–Crippen LogP) is 4.71. The Morgan fingerprint density at radius 2 is 1.57 bits per heavy atom. The number of carbonyl (C=O) groups is 2. The van der Waals surface area contributed by atoms with Crippen molar-refractivity contribution in [1.29, 1.82) is 0 Å². The molecule has 2 heterocycles. The van der Waals surface area contributed by atoms with Gasteiger partial charge in [0.05, 0.1) is 24.4 Å². The normalized spacial score (nSPS) is 15.7. The summed E-state index contributed by atoms with van der Waals surface area (Å²) in [5.74, 6) is 0.615. The van der Waals surface area contributed by atoms with E-state index in [1.807, 2.05) is 17.0 Å². The Morgan fingerprint density at radius 1 is 0.950 bits per heavy atom. The van der Waals surface area contributed by atoms with Crippen molar-refractivity contribution in [1.82, 2.24) is 4.98 Å². The minimum Gasteiger partial charge on any atom is -0.495 e. The molecular weight excluding hydrogens is 515 g/mol. The lowest BCUT2D eigenvalue weighted by molar-refractivity contribution is -0.131. The number of halogens is 1. The summed E-state index contributed by atoms with van der Waals surface area (Å²) in [5, 5.41) is 16.1. The Labute approximate surface area is 229 Å². The number of carbonyl (C=O) groups excluding carboxylic acids is 2. The Morgan fingerprint density at radius 3 is 2.15 bits per heavy atom. The number of aliphatic hydroxyl groups is 1. The fraction of sp³-hybridized carbons (Fsp3) is 0.233. The van der Waals surface area contributed by atoms with Gasteiger partial charge in [-0.05, 0) is 73.5 Å².